The van der Waals surface area contributed by atoms with Crippen LogP contribution in [0.4, 0.5) is 0 Å². The number of rotatable bonds is 3. The number of nitrogens with zero attached hydrogens (tertiary/aromatic N) is 2. The molecule has 0 saturated heterocycles. The number of aryl methyl sites for hydroxylation is 1. The summed E-state index contributed by atoms with van der Waals surface area (Å²) >= 11 is 6.35. The third-order valence-electron chi connectivity index (χ3n) is 5.59. The zero-order chi connectivity index (χ0) is 14.1. The Kier molecular flexibility index (Phi) is 4.37. The number of hydrogen-bond acceptors (Lipinski definition) is 2. The van der Waals surface area contributed by atoms with E-state index in [1.54, 1.807) is 6.20 Å². The van der Waals surface area contributed by atoms with Crippen LogP contribution in [-0.4, -0.2) is 16.8 Å². The standard InChI is InChI=1S/C16H26ClN3/c1-18-15(16-14(17)10-19-20(16)2)13-8-7-11-5-3-4-6-12(11)9-13/h10-13,15,18H,3-9H2,1-2H3. The van der Waals surface area contributed by atoms with Gasteiger partial charge in [0.25, 0.3) is 0 Å². The lowest BCUT2D eigenvalue weighted by Gasteiger charge is -2.42. The van der Waals surface area contributed by atoms with Crippen molar-refractivity contribution in [2.45, 2.75) is 51.0 Å². The first-order valence-corrected chi connectivity index (χ1v) is 8.43. The number of aromatic nitrogens is 2. The van der Waals surface area contributed by atoms with Crippen molar-refractivity contribution in [3.05, 3.63) is 16.9 Å². The highest BCUT2D eigenvalue weighted by Crippen LogP contribution is 2.46. The molecule has 1 N–H and O–H groups in total. The van der Waals surface area contributed by atoms with Gasteiger partial charge in [0.2, 0.25) is 0 Å². The molecule has 2 aliphatic carbocycles. The zero-order valence-electron chi connectivity index (χ0n) is 12.6. The fraction of sp³-hybridized carbons (Fsp3) is 0.812. The molecule has 1 aromatic rings. The molecule has 2 aliphatic rings. The maximum atomic E-state index is 6.35. The van der Waals surface area contributed by atoms with E-state index in [1.807, 2.05) is 11.7 Å². The molecule has 0 amide bonds. The smallest absolute Gasteiger partial charge is 0.0834 e. The summed E-state index contributed by atoms with van der Waals surface area (Å²) in [6, 6.07) is 0.345. The Bertz CT molecular complexity index is 437. The minimum absolute atomic E-state index is 0.345. The molecule has 0 aliphatic heterocycles. The van der Waals surface area contributed by atoms with E-state index in [2.05, 4.69) is 17.5 Å². The molecular formula is C16H26ClN3. The van der Waals surface area contributed by atoms with Gasteiger partial charge in [0.05, 0.1) is 23.0 Å². The molecule has 0 aromatic carbocycles. The van der Waals surface area contributed by atoms with Gasteiger partial charge in [0.1, 0.15) is 0 Å². The minimum Gasteiger partial charge on any atom is -0.311 e. The summed E-state index contributed by atoms with van der Waals surface area (Å²) in [7, 11) is 4.05. The minimum atomic E-state index is 0.345. The fourth-order valence-corrected chi connectivity index (χ4v) is 4.86. The Labute approximate surface area is 127 Å². The molecule has 0 spiro atoms. The van der Waals surface area contributed by atoms with Gasteiger partial charge in [0, 0.05) is 7.05 Å². The van der Waals surface area contributed by atoms with Crippen LogP contribution in [0.25, 0.3) is 0 Å². The second-order valence-corrected chi connectivity index (χ2v) is 7.05. The second kappa shape index (κ2) is 6.07. The number of nitrogens with one attached hydrogen (secondary N) is 1. The fourth-order valence-electron chi connectivity index (χ4n) is 4.58. The normalized spacial score (nSPS) is 31.9. The van der Waals surface area contributed by atoms with Crippen molar-refractivity contribution in [3.63, 3.8) is 0 Å². The molecule has 4 heteroatoms. The molecule has 112 valence electrons. The van der Waals surface area contributed by atoms with Gasteiger partial charge in [-0.2, -0.15) is 5.10 Å². The highest BCUT2D eigenvalue weighted by Gasteiger charge is 2.36. The van der Waals surface area contributed by atoms with Gasteiger partial charge in [-0.05, 0) is 44.1 Å². The highest BCUT2D eigenvalue weighted by atomic mass is 35.5. The summed E-state index contributed by atoms with van der Waals surface area (Å²) in [5.74, 6) is 2.65. The van der Waals surface area contributed by atoms with Crippen molar-refractivity contribution in [1.82, 2.24) is 15.1 Å². The molecule has 0 bridgehead atoms. The summed E-state index contributed by atoms with van der Waals surface area (Å²) < 4.78 is 1.94. The first kappa shape index (κ1) is 14.4. The van der Waals surface area contributed by atoms with Crippen molar-refractivity contribution in [2.75, 3.05) is 7.05 Å². The lowest BCUT2D eigenvalue weighted by molar-refractivity contribution is 0.109. The predicted molar refractivity (Wildman–Crippen MR) is 82.8 cm³/mol. The van der Waals surface area contributed by atoms with Gasteiger partial charge >= 0.3 is 0 Å². The van der Waals surface area contributed by atoms with E-state index in [9.17, 15) is 0 Å². The van der Waals surface area contributed by atoms with Gasteiger partial charge in [-0.25, -0.2) is 0 Å². The Hall–Kier alpha value is -0.540. The number of halogens is 1. The first-order chi connectivity index (χ1) is 9.70. The zero-order valence-corrected chi connectivity index (χ0v) is 13.4. The summed E-state index contributed by atoms with van der Waals surface area (Å²) in [5, 5.41) is 8.62. The van der Waals surface area contributed by atoms with Crippen molar-refractivity contribution < 1.29 is 0 Å². The van der Waals surface area contributed by atoms with Crippen molar-refractivity contribution >= 4 is 11.6 Å². The van der Waals surface area contributed by atoms with Gasteiger partial charge in [-0.15, -0.1) is 0 Å². The molecule has 3 nitrogen and oxygen atoms in total. The van der Waals surface area contributed by atoms with Crippen LogP contribution >= 0.6 is 11.6 Å². The maximum Gasteiger partial charge on any atom is 0.0834 e. The van der Waals surface area contributed by atoms with Crippen molar-refractivity contribution in [3.8, 4) is 0 Å². The topological polar surface area (TPSA) is 29.9 Å². The largest absolute Gasteiger partial charge is 0.311 e. The van der Waals surface area contributed by atoms with E-state index in [0.717, 1.165) is 22.6 Å². The molecule has 20 heavy (non-hydrogen) atoms. The molecule has 2 fully saturated rings. The Balaban J connectivity index is 1.77. The maximum absolute atomic E-state index is 6.35. The van der Waals surface area contributed by atoms with E-state index in [4.69, 9.17) is 11.6 Å². The van der Waals surface area contributed by atoms with Crippen LogP contribution in [0.1, 0.15) is 56.7 Å². The van der Waals surface area contributed by atoms with Crippen LogP contribution in [0.3, 0.4) is 0 Å². The van der Waals surface area contributed by atoms with Gasteiger partial charge < -0.3 is 5.32 Å². The van der Waals surface area contributed by atoms with Crippen molar-refractivity contribution in [2.24, 2.45) is 24.8 Å². The molecular weight excluding hydrogens is 270 g/mol. The molecule has 2 saturated carbocycles. The van der Waals surface area contributed by atoms with E-state index >= 15 is 0 Å². The van der Waals surface area contributed by atoms with Crippen molar-refractivity contribution in [1.29, 1.82) is 0 Å². The average Bonchev–Trinajstić information content (AvgIpc) is 2.80. The summed E-state index contributed by atoms with van der Waals surface area (Å²) in [5.41, 5.74) is 1.16. The monoisotopic (exact) mass is 295 g/mol. The predicted octanol–water partition coefficient (Wildman–Crippen LogP) is 3.94. The summed E-state index contributed by atoms with van der Waals surface area (Å²) in [6.07, 6.45) is 11.7. The Morgan fingerprint density at radius 3 is 2.65 bits per heavy atom. The molecule has 1 heterocycles. The van der Waals surface area contributed by atoms with Gasteiger partial charge in [-0.1, -0.05) is 37.3 Å². The van der Waals surface area contributed by atoms with E-state index in [0.29, 0.717) is 12.0 Å². The molecule has 3 rings (SSSR count). The first-order valence-electron chi connectivity index (χ1n) is 8.05. The van der Waals surface area contributed by atoms with Crippen LogP contribution in [0.2, 0.25) is 5.02 Å². The van der Waals surface area contributed by atoms with E-state index in [-0.39, 0.29) is 0 Å². The second-order valence-electron chi connectivity index (χ2n) is 6.65. The van der Waals surface area contributed by atoms with E-state index in [1.165, 1.54) is 44.9 Å². The Morgan fingerprint density at radius 1 is 1.25 bits per heavy atom. The van der Waals surface area contributed by atoms with Gasteiger partial charge in [0.15, 0.2) is 0 Å². The van der Waals surface area contributed by atoms with Crippen LogP contribution < -0.4 is 5.32 Å². The molecule has 1 aromatic heterocycles. The molecule has 4 unspecified atom stereocenters. The SMILES string of the molecule is CNC(c1c(Cl)cnn1C)C1CCC2CCCCC2C1. The molecule has 4 atom stereocenters. The van der Waals surface area contributed by atoms with E-state index < -0.39 is 0 Å². The molecule has 0 radical (unpaired) electrons. The third-order valence-corrected chi connectivity index (χ3v) is 5.89. The quantitative estimate of drug-likeness (QED) is 0.915. The van der Waals surface area contributed by atoms with Crippen LogP contribution in [0, 0.1) is 17.8 Å². The lowest BCUT2D eigenvalue weighted by atomic mass is 9.66. The number of fused-ring (bicyclic) bond motifs is 1. The Morgan fingerprint density at radius 2 is 2.00 bits per heavy atom. The van der Waals surface area contributed by atoms with Crippen LogP contribution in [0.15, 0.2) is 6.20 Å². The average molecular weight is 296 g/mol. The summed E-state index contributed by atoms with van der Waals surface area (Å²) in [6.45, 7) is 0. The summed E-state index contributed by atoms with van der Waals surface area (Å²) in [4.78, 5) is 0. The van der Waals surface area contributed by atoms with Gasteiger partial charge in [-0.3, -0.25) is 4.68 Å². The van der Waals surface area contributed by atoms with Crippen LogP contribution in [0.5, 0.6) is 0 Å². The van der Waals surface area contributed by atoms with Crippen LogP contribution in [-0.2, 0) is 7.05 Å². The lowest BCUT2D eigenvalue weighted by Crippen LogP contribution is -2.35. The number of hydrogen-bond donors (Lipinski definition) is 1. The highest BCUT2D eigenvalue weighted by molar-refractivity contribution is 6.31. The third kappa shape index (κ3) is 2.62.